The van der Waals surface area contributed by atoms with Crippen LogP contribution in [0.2, 0.25) is 0 Å². The molecule has 0 bridgehead atoms. The number of ether oxygens (including phenoxy) is 1. The predicted molar refractivity (Wildman–Crippen MR) is 37.2 cm³/mol. The Hall–Kier alpha value is -1.52. The summed E-state index contributed by atoms with van der Waals surface area (Å²) in [5.74, 6) is -0.558. The summed E-state index contributed by atoms with van der Waals surface area (Å²) >= 11 is 0. The first kappa shape index (κ1) is 9.48. The van der Waals surface area contributed by atoms with Crippen molar-refractivity contribution >= 4 is 12.1 Å². The fourth-order valence-corrected chi connectivity index (χ4v) is 0.369. The van der Waals surface area contributed by atoms with Crippen LogP contribution in [-0.4, -0.2) is 30.3 Å². The maximum Gasteiger partial charge on any atom is 0.404 e. The lowest BCUT2D eigenvalue weighted by molar-refractivity contribution is -0.137. The number of hydrogen-bond acceptors (Lipinski definition) is 3. The van der Waals surface area contributed by atoms with E-state index in [1.807, 2.05) is 5.32 Å². The third-order valence-corrected chi connectivity index (χ3v) is 0.789. The summed E-state index contributed by atoms with van der Waals surface area (Å²) in [6, 6.07) is 0. The minimum Gasteiger partial charge on any atom is -0.465 e. The Balaban J connectivity index is 3.21. The third-order valence-electron chi connectivity index (χ3n) is 0.789. The zero-order chi connectivity index (χ0) is 8.69. The summed E-state index contributed by atoms with van der Waals surface area (Å²) in [7, 11) is 0. The Labute approximate surface area is 63.7 Å². The first-order valence-electron chi connectivity index (χ1n) is 2.93. The van der Waals surface area contributed by atoms with E-state index in [1.165, 1.54) is 0 Å². The summed E-state index contributed by atoms with van der Waals surface area (Å²) in [6.07, 6.45) is -0.125. The van der Waals surface area contributed by atoms with Crippen molar-refractivity contribution in [2.75, 3.05) is 13.2 Å². The molecule has 0 aromatic rings. The predicted octanol–water partition coefficient (Wildman–Crippen LogP) is -0.0168. The molecule has 0 aliphatic carbocycles. The van der Waals surface area contributed by atoms with E-state index in [0.29, 0.717) is 0 Å². The Bertz CT molecular complexity index is 166. The van der Waals surface area contributed by atoms with Gasteiger partial charge in [0.2, 0.25) is 0 Å². The van der Waals surface area contributed by atoms with Crippen LogP contribution in [0.1, 0.15) is 0 Å². The highest BCUT2D eigenvalue weighted by atomic mass is 16.5. The summed E-state index contributed by atoms with van der Waals surface area (Å²) in [5, 5.41) is 10.1. The second-order valence-corrected chi connectivity index (χ2v) is 1.60. The summed E-state index contributed by atoms with van der Waals surface area (Å²) in [4.78, 5) is 20.2. The van der Waals surface area contributed by atoms with Gasteiger partial charge in [-0.05, 0) is 0 Å². The van der Waals surface area contributed by atoms with Crippen LogP contribution < -0.4 is 5.32 Å². The van der Waals surface area contributed by atoms with E-state index in [1.54, 1.807) is 0 Å². The molecule has 0 aliphatic rings. The molecular formula is C6H9NO4. The van der Waals surface area contributed by atoms with Crippen LogP contribution in [0.25, 0.3) is 0 Å². The molecule has 5 heteroatoms. The van der Waals surface area contributed by atoms with Crippen molar-refractivity contribution < 1.29 is 19.4 Å². The van der Waals surface area contributed by atoms with Crippen molar-refractivity contribution in [2.24, 2.45) is 0 Å². The Morgan fingerprint density at radius 3 is 2.73 bits per heavy atom. The van der Waals surface area contributed by atoms with E-state index < -0.39 is 12.1 Å². The van der Waals surface area contributed by atoms with E-state index in [4.69, 9.17) is 5.11 Å². The van der Waals surface area contributed by atoms with Gasteiger partial charge in [-0.2, -0.15) is 0 Å². The van der Waals surface area contributed by atoms with Crippen LogP contribution in [0.5, 0.6) is 0 Å². The molecule has 0 unspecified atom stereocenters. The topological polar surface area (TPSA) is 75.6 Å². The second kappa shape index (κ2) is 5.28. The maximum absolute atomic E-state index is 10.3. The summed E-state index contributed by atoms with van der Waals surface area (Å²) < 4.78 is 4.46. The van der Waals surface area contributed by atoms with Crippen molar-refractivity contribution in [2.45, 2.75) is 0 Å². The van der Waals surface area contributed by atoms with Crippen molar-refractivity contribution in [1.82, 2.24) is 5.32 Å². The lowest BCUT2D eigenvalue weighted by atomic mass is 10.6. The molecule has 0 rings (SSSR count). The molecule has 0 fully saturated rings. The van der Waals surface area contributed by atoms with Gasteiger partial charge in [0, 0.05) is 6.08 Å². The van der Waals surface area contributed by atoms with Gasteiger partial charge in [-0.15, -0.1) is 0 Å². The van der Waals surface area contributed by atoms with Crippen molar-refractivity contribution in [3.8, 4) is 0 Å². The first-order chi connectivity index (χ1) is 5.16. The molecule has 0 radical (unpaired) electrons. The molecule has 0 atom stereocenters. The van der Waals surface area contributed by atoms with Gasteiger partial charge in [0.1, 0.15) is 6.61 Å². The zero-order valence-electron chi connectivity index (χ0n) is 5.87. The molecule has 1 amide bonds. The Morgan fingerprint density at radius 2 is 2.27 bits per heavy atom. The molecule has 2 N–H and O–H groups in total. The molecule has 62 valence electrons. The Morgan fingerprint density at radius 1 is 1.64 bits per heavy atom. The lowest BCUT2D eigenvalue weighted by Crippen LogP contribution is -2.25. The number of nitrogens with one attached hydrogen (secondary N) is 1. The summed E-state index contributed by atoms with van der Waals surface area (Å²) in [5.41, 5.74) is 0. The normalized spacial score (nSPS) is 8.36. The quantitative estimate of drug-likeness (QED) is 0.343. The first-order valence-corrected chi connectivity index (χ1v) is 2.93. The highest BCUT2D eigenvalue weighted by Crippen LogP contribution is 1.76. The van der Waals surface area contributed by atoms with Gasteiger partial charge in [-0.25, -0.2) is 9.59 Å². The van der Waals surface area contributed by atoms with E-state index in [-0.39, 0.29) is 13.2 Å². The van der Waals surface area contributed by atoms with Crippen LogP contribution in [0.15, 0.2) is 12.7 Å². The van der Waals surface area contributed by atoms with Crippen molar-refractivity contribution in [1.29, 1.82) is 0 Å². The molecule has 0 aromatic heterocycles. The van der Waals surface area contributed by atoms with Gasteiger partial charge >= 0.3 is 12.1 Å². The lowest BCUT2D eigenvalue weighted by Gasteiger charge is -2.00. The highest BCUT2D eigenvalue weighted by Gasteiger charge is 1.95. The van der Waals surface area contributed by atoms with E-state index in [2.05, 4.69) is 11.3 Å². The minimum atomic E-state index is -1.14. The number of carboxylic acid groups (broad SMARTS) is 1. The van der Waals surface area contributed by atoms with Gasteiger partial charge in [0.25, 0.3) is 0 Å². The molecule has 0 saturated carbocycles. The number of esters is 1. The fourth-order valence-electron chi connectivity index (χ4n) is 0.369. The second-order valence-electron chi connectivity index (χ2n) is 1.60. The van der Waals surface area contributed by atoms with Gasteiger partial charge in [0.05, 0.1) is 6.54 Å². The molecule has 0 aliphatic heterocycles. The van der Waals surface area contributed by atoms with Crippen LogP contribution in [0.4, 0.5) is 4.79 Å². The fraction of sp³-hybridized carbons (Fsp3) is 0.333. The standard InChI is InChI=1S/C6H9NO4/c1-2-5(8)11-4-3-7-6(9)10/h2,7H,1,3-4H2,(H,9,10). The molecule has 5 nitrogen and oxygen atoms in total. The number of hydrogen-bond donors (Lipinski definition) is 2. The smallest absolute Gasteiger partial charge is 0.404 e. The maximum atomic E-state index is 10.3. The average molecular weight is 159 g/mol. The van der Waals surface area contributed by atoms with Crippen molar-refractivity contribution in [3.05, 3.63) is 12.7 Å². The van der Waals surface area contributed by atoms with Crippen LogP contribution >= 0.6 is 0 Å². The zero-order valence-corrected chi connectivity index (χ0v) is 5.87. The van der Waals surface area contributed by atoms with Crippen LogP contribution in [0.3, 0.4) is 0 Å². The van der Waals surface area contributed by atoms with Gasteiger partial charge in [-0.1, -0.05) is 6.58 Å². The van der Waals surface area contributed by atoms with Gasteiger partial charge in [-0.3, -0.25) is 0 Å². The number of carbonyl (C=O) groups excluding carboxylic acids is 1. The SMILES string of the molecule is C=CC(=O)OCCNC(=O)O. The summed E-state index contributed by atoms with van der Waals surface area (Å²) in [6.45, 7) is 3.28. The van der Waals surface area contributed by atoms with E-state index in [9.17, 15) is 9.59 Å². The molecular weight excluding hydrogens is 150 g/mol. The monoisotopic (exact) mass is 159 g/mol. The van der Waals surface area contributed by atoms with E-state index in [0.717, 1.165) is 6.08 Å². The number of rotatable bonds is 4. The van der Waals surface area contributed by atoms with Crippen LogP contribution in [-0.2, 0) is 9.53 Å². The van der Waals surface area contributed by atoms with Gasteiger partial charge < -0.3 is 15.2 Å². The Kier molecular flexibility index (Phi) is 4.55. The van der Waals surface area contributed by atoms with Gasteiger partial charge in [0.15, 0.2) is 0 Å². The highest BCUT2D eigenvalue weighted by molar-refractivity contribution is 5.81. The molecule has 0 heterocycles. The number of carbonyl (C=O) groups is 2. The van der Waals surface area contributed by atoms with Crippen molar-refractivity contribution in [3.63, 3.8) is 0 Å². The molecule has 0 saturated heterocycles. The third kappa shape index (κ3) is 6.36. The largest absolute Gasteiger partial charge is 0.465 e. The molecule has 0 spiro atoms. The van der Waals surface area contributed by atoms with Crippen LogP contribution in [0, 0.1) is 0 Å². The minimum absolute atomic E-state index is 0.0250. The van der Waals surface area contributed by atoms with E-state index >= 15 is 0 Å². The molecule has 0 aromatic carbocycles. The molecule has 11 heavy (non-hydrogen) atoms. The average Bonchev–Trinajstić information content (AvgIpc) is 1.97. The number of amides is 1.